The highest BCUT2D eigenvalue weighted by Gasteiger charge is 2.11. The minimum Gasteiger partial charge on any atom is -0.388 e. The van der Waals surface area contributed by atoms with E-state index in [4.69, 9.17) is 4.84 Å². The topological polar surface area (TPSA) is 64.7 Å². The number of hydrogen-bond acceptors (Lipinski definition) is 4. The highest BCUT2D eigenvalue weighted by Crippen LogP contribution is 2.21. The zero-order chi connectivity index (χ0) is 16.8. The molecule has 5 nitrogen and oxygen atoms in total. The SMILES string of the molecule is CC(C)c1ccc(/C=N\O[C@H](C)c2cccc([N+](=O)[O-])c2)cc1. The fourth-order valence-electron chi connectivity index (χ4n) is 2.10. The van der Waals surface area contributed by atoms with E-state index in [0.717, 1.165) is 5.56 Å². The molecule has 120 valence electrons. The molecule has 23 heavy (non-hydrogen) atoms. The first-order chi connectivity index (χ1) is 11.0. The Balaban J connectivity index is 1.99. The van der Waals surface area contributed by atoms with Crippen molar-refractivity contribution in [3.8, 4) is 0 Å². The van der Waals surface area contributed by atoms with Crippen LogP contribution in [-0.4, -0.2) is 11.1 Å². The lowest BCUT2D eigenvalue weighted by atomic mass is 10.0. The molecule has 2 aromatic rings. The van der Waals surface area contributed by atoms with Crippen molar-refractivity contribution in [1.82, 2.24) is 0 Å². The predicted molar refractivity (Wildman–Crippen MR) is 90.7 cm³/mol. The van der Waals surface area contributed by atoms with Gasteiger partial charge in [-0.3, -0.25) is 10.1 Å². The number of oxime groups is 1. The molecular formula is C18H20N2O3. The third-order valence-corrected chi connectivity index (χ3v) is 3.57. The number of nitro groups is 1. The molecule has 0 bridgehead atoms. The molecule has 0 radical (unpaired) electrons. The van der Waals surface area contributed by atoms with Gasteiger partial charge >= 0.3 is 0 Å². The van der Waals surface area contributed by atoms with E-state index in [0.29, 0.717) is 11.5 Å². The molecular weight excluding hydrogens is 292 g/mol. The predicted octanol–water partition coefficient (Wildman–Crippen LogP) is 4.83. The highest BCUT2D eigenvalue weighted by atomic mass is 16.6. The molecule has 0 spiro atoms. The van der Waals surface area contributed by atoms with Crippen molar-refractivity contribution in [3.05, 3.63) is 75.3 Å². The summed E-state index contributed by atoms with van der Waals surface area (Å²) in [4.78, 5) is 15.8. The van der Waals surface area contributed by atoms with E-state index in [1.54, 1.807) is 25.3 Å². The molecule has 0 aromatic heterocycles. The van der Waals surface area contributed by atoms with Crippen LogP contribution >= 0.6 is 0 Å². The van der Waals surface area contributed by atoms with Gasteiger partial charge in [-0.25, -0.2) is 0 Å². The van der Waals surface area contributed by atoms with E-state index in [9.17, 15) is 10.1 Å². The van der Waals surface area contributed by atoms with Crippen molar-refractivity contribution in [1.29, 1.82) is 0 Å². The van der Waals surface area contributed by atoms with Gasteiger partial charge in [-0.15, -0.1) is 0 Å². The summed E-state index contributed by atoms with van der Waals surface area (Å²) in [7, 11) is 0. The Hall–Kier alpha value is -2.69. The first kappa shape index (κ1) is 16.7. The minimum absolute atomic E-state index is 0.0474. The fourth-order valence-corrected chi connectivity index (χ4v) is 2.10. The molecule has 0 aliphatic rings. The standard InChI is InChI=1S/C18H20N2O3/c1-13(2)16-9-7-15(8-10-16)12-19-23-14(3)17-5-4-6-18(11-17)20(21)22/h4-14H,1-3H3/b19-12-/t14-/m1/s1. The fraction of sp³-hybridized carbons (Fsp3) is 0.278. The second-order valence-electron chi connectivity index (χ2n) is 5.66. The molecule has 0 unspecified atom stereocenters. The summed E-state index contributed by atoms with van der Waals surface area (Å²) in [6.45, 7) is 6.10. The molecule has 1 atom stereocenters. The molecule has 5 heteroatoms. The lowest BCUT2D eigenvalue weighted by molar-refractivity contribution is -0.385. The van der Waals surface area contributed by atoms with Crippen LogP contribution in [0.5, 0.6) is 0 Å². The largest absolute Gasteiger partial charge is 0.388 e. The molecule has 0 N–H and O–H groups in total. The number of nitro benzene ring substituents is 1. The van der Waals surface area contributed by atoms with Gasteiger partial charge in [0.2, 0.25) is 0 Å². The second kappa shape index (κ2) is 7.54. The zero-order valence-electron chi connectivity index (χ0n) is 13.5. The van der Waals surface area contributed by atoms with Crippen LogP contribution in [0.25, 0.3) is 0 Å². The minimum atomic E-state index is -0.421. The van der Waals surface area contributed by atoms with Crippen LogP contribution in [0.3, 0.4) is 0 Å². The van der Waals surface area contributed by atoms with Crippen molar-refractivity contribution in [3.63, 3.8) is 0 Å². The van der Waals surface area contributed by atoms with Crippen LogP contribution in [0, 0.1) is 10.1 Å². The maximum absolute atomic E-state index is 10.8. The summed E-state index contributed by atoms with van der Waals surface area (Å²) in [5.74, 6) is 0.492. The van der Waals surface area contributed by atoms with Crippen molar-refractivity contribution >= 4 is 11.9 Å². The normalized spacial score (nSPS) is 12.5. The monoisotopic (exact) mass is 312 g/mol. The Kier molecular flexibility index (Phi) is 5.46. The number of hydrogen-bond donors (Lipinski definition) is 0. The van der Waals surface area contributed by atoms with Crippen LogP contribution in [0.4, 0.5) is 5.69 Å². The average Bonchev–Trinajstić information content (AvgIpc) is 2.55. The van der Waals surface area contributed by atoms with E-state index >= 15 is 0 Å². The Morgan fingerprint density at radius 3 is 2.39 bits per heavy atom. The summed E-state index contributed by atoms with van der Waals surface area (Å²) in [6.07, 6.45) is 1.28. The third kappa shape index (κ3) is 4.64. The van der Waals surface area contributed by atoms with Gasteiger partial charge < -0.3 is 4.84 Å². The highest BCUT2D eigenvalue weighted by molar-refractivity contribution is 5.79. The van der Waals surface area contributed by atoms with Crippen molar-refractivity contribution < 1.29 is 9.76 Å². The van der Waals surface area contributed by atoms with Gasteiger partial charge in [0, 0.05) is 17.7 Å². The quantitative estimate of drug-likeness (QED) is 0.436. The van der Waals surface area contributed by atoms with Crippen LogP contribution in [0.1, 0.15) is 49.5 Å². The summed E-state index contributed by atoms with van der Waals surface area (Å²) < 4.78 is 0. The van der Waals surface area contributed by atoms with Gasteiger partial charge in [0.1, 0.15) is 6.10 Å². The van der Waals surface area contributed by atoms with Gasteiger partial charge in [0.25, 0.3) is 5.69 Å². The van der Waals surface area contributed by atoms with Crippen molar-refractivity contribution in [2.24, 2.45) is 5.16 Å². The molecule has 2 aromatic carbocycles. The van der Waals surface area contributed by atoms with Gasteiger partial charge in [0.05, 0.1) is 11.1 Å². The lowest BCUT2D eigenvalue weighted by Crippen LogP contribution is -1.97. The Morgan fingerprint density at radius 2 is 1.78 bits per heavy atom. The summed E-state index contributed by atoms with van der Waals surface area (Å²) in [5, 5.41) is 14.8. The van der Waals surface area contributed by atoms with E-state index < -0.39 is 4.92 Å². The van der Waals surface area contributed by atoms with Crippen LogP contribution in [0.15, 0.2) is 53.7 Å². The van der Waals surface area contributed by atoms with E-state index in [1.807, 2.05) is 12.1 Å². The number of rotatable bonds is 6. The van der Waals surface area contributed by atoms with Crippen LogP contribution in [0.2, 0.25) is 0 Å². The molecule has 0 saturated heterocycles. The maximum atomic E-state index is 10.8. The second-order valence-corrected chi connectivity index (χ2v) is 5.66. The molecule has 2 rings (SSSR count). The Morgan fingerprint density at radius 1 is 1.09 bits per heavy atom. The molecule has 0 aliphatic heterocycles. The van der Waals surface area contributed by atoms with Crippen LogP contribution < -0.4 is 0 Å². The Labute approximate surface area is 135 Å². The van der Waals surface area contributed by atoms with Gasteiger partial charge in [0.15, 0.2) is 0 Å². The van der Waals surface area contributed by atoms with Crippen molar-refractivity contribution in [2.45, 2.75) is 32.8 Å². The smallest absolute Gasteiger partial charge is 0.269 e. The van der Waals surface area contributed by atoms with E-state index in [-0.39, 0.29) is 11.8 Å². The molecule has 0 heterocycles. The summed E-state index contributed by atoms with van der Waals surface area (Å²) in [6, 6.07) is 14.5. The summed E-state index contributed by atoms with van der Waals surface area (Å²) >= 11 is 0. The van der Waals surface area contributed by atoms with Gasteiger partial charge in [-0.2, -0.15) is 0 Å². The summed E-state index contributed by atoms with van der Waals surface area (Å²) in [5.41, 5.74) is 2.98. The zero-order valence-corrected chi connectivity index (χ0v) is 13.5. The molecule has 0 amide bonds. The van der Waals surface area contributed by atoms with E-state index in [1.165, 1.54) is 17.7 Å². The van der Waals surface area contributed by atoms with Gasteiger partial charge in [-0.05, 0) is 24.0 Å². The first-order valence-electron chi connectivity index (χ1n) is 7.51. The number of non-ortho nitro benzene ring substituents is 1. The van der Waals surface area contributed by atoms with Gasteiger partial charge in [-0.1, -0.05) is 55.4 Å². The molecule has 0 fully saturated rings. The molecule has 0 aliphatic carbocycles. The molecule has 0 saturated carbocycles. The van der Waals surface area contributed by atoms with E-state index in [2.05, 4.69) is 31.1 Å². The third-order valence-electron chi connectivity index (χ3n) is 3.57. The average molecular weight is 312 g/mol. The number of nitrogens with zero attached hydrogens (tertiary/aromatic N) is 2. The van der Waals surface area contributed by atoms with Crippen molar-refractivity contribution in [2.75, 3.05) is 0 Å². The van der Waals surface area contributed by atoms with Crippen LogP contribution in [-0.2, 0) is 4.84 Å². The maximum Gasteiger partial charge on any atom is 0.269 e. The first-order valence-corrected chi connectivity index (χ1v) is 7.51. The Bertz CT molecular complexity index is 694. The lowest BCUT2D eigenvalue weighted by Gasteiger charge is -2.09. The number of benzene rings is 2.